The van der Waals surface area contributed by atoms with E-state index in [1.54, 1.807) is 10.6 Å². The highest BCUT2D eigenvalue weighted by molar-refractivity contribution is 6.31. The van der Waals surface area contributed by atoms with Crippen LogP contribution in [0.1, 0.15) is 32.7 Å². The summed E-state index contributed by atoms with van der Waals surface area (Å²) < 4.78 is 47.1. The summed E-state index contributed by atoms with van der Waals surface area (Å²) in [6.45, 7) is 1.21. The second-order valence-corrected chi connectivity index (χ2v) is 9.70. The summed E-state index contributed by atoms with van der Waals surface area (Å²) >= 11 is 6.15. The molecule has 5 aromatic rings. The fourth-order valence-electron chi connectivity index (χ4n) is 5.15. The van der Waals surface area contributed by atoms with Gasteiger partial charge in [0.1, 0.15) is 12.4 Å². The summed E-state index contributed by atoms with van der Waals surface area (Å²) in [7, 11) is 0. The smallest absolute Gasteiger partial charge is 0.416 e. The van der Waals surface area contributed by atoms with Gasteiger partial charge in [0, 0.05) is 33.8 Å². The van der Waals surface area contributed by atoms with Crippen molar-refractivity contribution >= 4 is 39.2 Å². The van der Waals surface area contributed by atoms with Crippen LogP contribution in [0.4, 0.5) is 13.2 Å². The predicted molar refractivity (Wildman–Crippen MR) is 142 cm³/mol. The first-order valence-electron chi connectivity index (χ1n) is 12.2. The van der Waals surface area contributed by atoms with Gasteiger partial charge in [0.2, 0.25) is 0 Å². The number of nitrogens with zero attached hydrogens (tertiary/aromatic N) is 1. The summed E-state index contributed by atoms with van der Waals surface area (Å²) in [5.74, 6) is 0.378. The molecule has 0 radical (unpaired) electrons. The fourth-order valence-corrected chi connectivity index (χ4v) is 5.32. The molecular weight excluding hydrogens is 513 g/mol. The van der Waals surface area contributed by atoms with Gasteiger partial charge in [-0.3, -0.25) is 9.36 Å². The Bertz CT molecular complexity index is 1700. The average Bonchev–Trinajstić information content (AvgIpc) is 3.25. The van der Waals surface area contributed by atoms with E-state index in [-0.39, 0.29) is 23.1 Å². The second kappa shape index (κ2) is 9.49. The van der Waals surface area contributed by atoms with Crippen LogP contribution in [-0.4, -0.2) is 17.0 Å². The number of nitrogens with one attached hydrogen (secondary N) is 1. The summed E-state index contributed by atoms with van der Waals surface area (Å²) in [6, 6.07) is 22.1. The lowest BCUT2D eigenvalue weighted by Gasteiger charge is -2.17. The maximum atomic E-state index is 14.0. The van der Waals surface area contributed by atoms with Crippen molar-refractivity contribution in [1.29, 1.82) is 0 Å². The largest absolute Gasteiger partial charge is 0.489 e. The molecule has 0 saturated heterocycles. The number of carbonyl (C=O) groups excluding carboxylic acids is 1. The first kappa shape index (κ1) is 24.5. The zero-order chi connectivity index (χ0) is 26.4. The fraction of sp³-hybridized carbons (Fsp3) is 0.167. The number of halogens is 4. The van der Waals surface area contributed by atoms with Crippen LogP contribution in [0, 0.1) is 0 Å². The first-order chi connectivity index (χ1) is 18.3. The molecule has 192 valence electrons. The van der Waals surface area contributed by atoms with Crippen LogP contribution in [0.25, 0.3) is 21.7 Å². The Labute approximate surface area is 221 Å². The minimum Gasteiger partial charge on any atom is -0.489 e. The zero-order valence-corrected chi connectivity index (χ0v) is 20.9. The van der Waals surface area contributed by atoms with Crippen molar-refractivity contribution in [3.63, 3.8) is 0 Å². The summed E-state index contributed by atoms with van der Waals surface area (Å²) in [4.78, 5) is 14.0. The highest BCUT2D eigenvalue weighted by atomic mass is 35.5. The van der Waals surface area contributed by atoms with Crippen molar-refractivity contribution in [3.05, 3.63) is 112 Å². The van der Waals surface area contributed by atoms with Crippen LogP contribution in [-0.2, 0) is 25.7 Å². The van der Waals surface area contributed by atoms with Crippen molar-refractivity contribution in [2.75, 3.05) is 6.54 Å². The monoisotopic (exact) mass is 534 g/mol. The molecule has 0 atom stereocenters. The van der Waals surface area contributed by atoms with Crippen LogP contribution in [0.5, 0.6) is 5.75 Å². The minimum absolute atomic E-state index is 0.110. The van der Waals surface area contributed by atoms with E-state index in [2.05, 4.69) is 5.32 Å². The van der Waals surface area contributed by atoms with Gasteiger partial charge in [0.15, 0.2) is 0 Å². The Morgan fingerprint density at radius 2 is 1.79 bits per heavy atom. The third-order valence-electron chi connectivity index (χ3n) is 6.99. The lowest BCUT2D eigenvalue weighted by Crippen LogP contribution is -2.27. The number of alkyl halides is 3. The van der Waals surface area contributed by atoms with Gasteiger partial charge in [0.05, 0.1) is 11.1 Å². The Morgan fingerprint density at radius 1 is 0.974 bits per heavy atom. The number of benzene rings is 4. The molecule has 0 spiro atoms. The van der Waals surface area contributed by atoms with E-state index in [1.807, 2.05) is 54.6 Å². The van der Waals surface area contributed by atoms with Gasteiger partial charge in [-0.2, -0.15) is 13.2 Å². The van der Waals surface area contributed by atoms with Gasteiger partial charge in [-0.15, -0.1) is 0 Å². The Hall–Kier alpha value is -3.81. The molecule has 1 aromatic heterocycles. The van der Waals surface area contributed by atoms with Crippen LogP contribution in [0.2, 0.25) is 5.02 Å². The van der Waals surface area contributed by atoms with E-state index in [4.69, 9.17) is 16.3 Å². The molecule has 0 amide bonds. The molecule has 8 heteroatoms. The molecule has 38 heavy (non-hydrogen) atoms. The first-order valence-corrected chi connectivity index (χ1v) is 12.6. The average molecular weight is 535 g/mol. The normalized spacial score (nSPS) is 13.6. The van der Waals surface area contributed by atoms with Crippen LogP contribution in [0.15, 0.2) is 78.9 Å². The van der Waals surface area contributed by atoms with Crippen LogP contribution in [0.3, 0.4) is 0 Å². The number of fused-ring (bicyclic) bond motifs is 4. The number of carbonyl (C=O) groups is 1. The number of hydrogen-bond acceptors (Lipinski definition) is 3. The topological polar surface area (TPSA) is 43.3 Å². The molecular formula is C30H22ClF3N2O2. The van der Waals surface area contributed by atoms with E-state index in [0.717, 1.165) is 58.0 Å². The SMILES string of the molecule is O=C(c1cccc2ccccc12)n1c2c(c3cc(OCc4cc(C(F)(F)F)ccc4Cl)ccc31)CCNC2. The highest BCUT2D eigenvalue weighted by Crippen LogP contribution is 2.35. The minimum atomic E-state index is -4.47. The molecule has 4 nitrogen and oxygen atoms in total. The highest BCUT2D eigenvalue weighted by Gasteiger charge is 2.31. The maximum Gasteiger partial charge on any atom is 0.416 e. The van der Waals surface area contributed by atoms with Gasteiger partial charge in [-0.05, 0) is 71.8 Å². The molecule has 1 N–H and O–H groups in total. The molecule has 1 aliphatic heterocycles. The number of aromatic nitrogens is 1. The zero-order valence-electron chi connectivity index (χ0n) is 20.1. The van der Waals surface area contributed by atoms with E-state index >= 15 is 0 Å². The van der Waals surface area contributed by atoms with E-state index < -0.39 is 11.7 Å². The number of hydrogen-bond donors (Lipinski definition) is 1. The van der Waals surface area contributed by atoms with Gasteiger partial charge < -0.3 is 10.1 Å². The Balaban J connectivity index is 1.38. The van der Waals surface area contributed by atoms with Gasteiger partial charge in [-0.25, -0.2) is 0 Å². The standard InChI is InChI=1S/C30H22ClF3N2O2/c31-26-10-8-20(30(32,33)34)14-19(26)17-38-21-9-11-27-25(15-21)23-12-13-35-16-28(23)36(27)29(37)24-7-3-5-18-4-1-2-6-22(18)24/h1-11,14-15,35H,12-13,16-17H2. The van der Waals surface area contributed by atoms with Crippen LogP contribution >= 0.6 is 11.6 Å². The van der Waals surface area contributed by atoms with Gasteiger partial charge >= 0.3 is 6.18 Å². The van der Waals surface area contributed by atoms with E-state index in [9.17, 15) is 18.0 Å². The predicted octanol–water partition coefficient (Wildman–Crippen LogP) is 7.38. The molecule has 1 aliphatic rings. The third kappa shape index (κ3) is 4.31. The summed E-state index contributed by atoms with van der Waals surface area (Å²) in [5.41, 5.74) is 2.82. The van der Waals surface area contributed by atoms with Crippen molar-refractivity contribution in [3.8, 4) is 5.75 Å². The molecule has 0 unspecified atom stereocenters. The Morgan fingerprint density at radius 3 is 2.63 bits per heavy atom. The second-order valence-electron chi connectivity index (χ2n) is 9.29. The van der Waals surface area contributed by atoms with E-state index in [0.29, 0.717) is 17.9 Å². The third-order valence-corrected chi connectivity index (χ3v) is 7.36. The Kier molecular flexibility index (Phi) is 6.13. The van der Waals surface area contributed by atoms with Crippen molar-refractivity contribution in [2.24, 2.45) is 0 Å². The lowest BCUT2D eigenvalue weighted by molar-refractivity contribution is -0.137. The molecule has 0 saturated carbocycles. The summed E-state index contributed by atoms with van der Waals surface area (Å²) in [5, 5.41) is 6.33. The van der Waals surface area contributed by atoms with Gasteiger partial charge in [-0.1, -0.05) is 48.0 Å². The van der Waals surface area contributed by atoms with E-state index in [1.165, 1.54) is 6.07 Å². The quantitative estimate of drug-likeness (QED) is 0.261. The molecule has 0 bridgehead atoms. The lowest BCUT2D eigenvalue weighted by atomic mass is 10.0. The number of rotatable bonds is 4. The molecule has 2 heterocycles. The summed E-state index contributed by atoms with van der Waals surface area (Å²) in [6.07, 6.45) is -3.73. The number of ether oxygens (including phenoxy) is 1. The molecule has 0 fully saturated rings. The van der Waals surface area contributed by atoms with Crippen molar-refractivity contribution < 1.29 is 22.7 Å². The van der Waals surface area contributed by atoms with Crippen molar-refractivity contribution in [1.82, 2.24) is 9.88 Å². The van der Waals surface area contributed by atoms with Gasteiger partial charge in [0.25, 0.3) is 5.91 Å². The molecule has 0 aliphatic carbocycles. The van der Waals surface area contributed by atoms with Crippen molar-refractivity contribution in [2.45, 2.75) is 25.7 Å². The van der Waals surface area contributed by atoms with Crippen LogP contribution < -0.4 is 10.1 Å². The molecule has 6 rings (SSSR count). The maximum absolute atomic E-state index is 14.0. The molecule has 4 aromatic carbocycles.